The molecule has 0 aromatic carbocycles. The van der Waals surface area contributed by atoms with E-state index in [0.717, 1.165) is 24.7 Å². The zero-order valence-corrected chi connectivity index (χ0v) is 6.45. The normalized spacial score (nSPS) is 52.6. The van der Waals surface area contributed by atoms with Crippen LogP contribution in [-0.2, 0) is 4.79 Å². The molecular formula is C8H13NO. The molecule has 0 aromatic rings. The minimum atomic E-state index is 0.236. The smallest absolute Gasteiger partial charge is 0.137 e. The molecule has 2 nitrogen and oxygen atoms in total. The maximum absolute atomic E-state index is 10.6. The van der Waals surface area contributed by atoms with Crippen molar-refractivity contribution >= 4 is 6.29 Å². The number of carbonyl (C=O) groups excluding carboxylic acids is 1. The average Bonchev–Trinajstić information content (AvgIpc) is 2.45. The van der Waals surface area contributed by atoms with Crippen LogP contribution in [0.2, 0.25) is 0 Å². The summed E-state index contributed by atoms with van der Waals surface area (Å²) in [4.78, 5) is 12.7. The zero-order chi connectivity index (χ0) is 7.30. The van der Waals surface area contributed by atoms with Gasteiger partial charge in [-0.1, -0.05) is 6.92 Å². The lowest BCUT2D eigenvalue weighted by atomic mass is 10.2. The Morgan fingerprint density at radius 2 is 2.30 bits per heavy atom. The summed E-state index contributed by atoms with van der Waals surface area (Å²) in [6.45, 7) is 3.38. The van der Waals surface area contributed by atoms with E-state index >= 15 is 0 Å². The zero-order valence-electron chi connectivity index (χ0n) is 6.45. The molecule has 0 amide bonds. The maximum Gasteiger partial charge on any atom is 0.137 e. The maximum atomic E-state index is 10.6. The number of likely N-dealkylation sites (N-methyl/N-ethyl adjacent to an activating group) is 1. The van der Waals surface area contributed by atoms with E-state index in [1.54, 1.807) is 0 Å². The third-order valence-corrected chi connectivity index (χ3v) is 3.18. The van der Waals surface area contributed by atoms with Gasteiger partial charge in [-0.15, -0.1) is 0 Å². The van der Waals surface area contributed by atoms with Gasteiger partial charge < -0.3 is 4.79 Å². The predicted molar refractivity (Wildman–Crippen MR) is 38.6 cm³/mol. The van der Waals surface area contributed by atoms with Gasteiger partial charge in [0.05, 0.1) is 6.04 Å². The van der Waals surface area contributed by atoms with Crippen molar-refractivity contribution < 1.29 is 4.79 Å². The highest BCUT2D eigenvalue weighted by molar-refractivity contribution is 5.60. The number of likely N-dealkylation sites (tertiary alicyclic amines) is 1. The first-order valence-electron chi connectivity index (χ1n) is 3.91. The molecule has 1 aliphatic carbocycles. The Hall–Kier alpha value is -0.370. The minimum absolute atomic E-state index is 0.236. The molecule has 2 aliphatic rings. The monoisotopic (exact) mass is 139 g/mol. The van der Waals surface area contributed by atoms with Crippen LogP contribution in [0.25, 0.3) is 0 Å². The van der Waals surface area contributed by atoms with Crippen molar-refractivity contribution in [2.24, 2.45) is 17.8 Å². The molecule has 1 saturated heterocycles. The van der Waals surface area contributed by atoms with Crippen LogP contribution in [-0.4, -0.2) is 30.8 Å². The highest BCUT2D eigenvalue weighted by atomic mass is 16.1. The summed E-state index contributed by atoms with van der Waals surface area (Å²) in [6, 6.07) is 0.236. The molecule has 56 valence electrons. The van der Waals surface area contributed by atoms with Crippen molar-refractivity contribution in [2.45, 2.75) is 13.0 Å². The van der Waals surface area contributed by atoms with E-state index < -0.39 is 0 Å². The molecule has 1 heterocycles. The molecule has 2 rings (SSSR count). The molecule has 0 bridgehead atoms. The quantitative estimate of drug-likeness (QED) is 0.489. The molecule has 0 N–H and O–H groups in total. The molecule has 2 fully saturated rings. The van der Waals surface area contributed by atoms with Gasteiger partial charge in [-0.3, -0.25) is 4.90 Å². The van der Waals surface area contributed by atoms with E-state index in [-0.39, 0.29) is 6.04 Å². The molecule has 0 aromatic heterocycles. The third-order valence-electron chi connectivity index (χ3n) is 3.18. The van der Waals surface area contributed by atoms with Gasteiger partial charge in [0, 0.05) is 6.54 Å². The molecule has 0 radical (unpaired) electrons. The molecule has 4 unspecified atom stereocenters. The summed E-state index contributed by atoms with van der Waals surface area (Å²) >= 11 is 0. The fourth-order valence-electron chi connectivity index (χ4n) is 2.37. The summed E-state index contributed by atoms with van der Waals surface area (Å²) in [5.74, 6) is 2.34. The molecule has 10 heavy (non-hydrogen) atoms. The SMILES string of the molecule is CC1C2CN(C)C(C=O)C12. The number of aldehydes is 1. The highest BCUT2D eigenvalue weighted by Crippen LogP contribution is 2.53. The van der Waals surface area contributed by atoms with Gasteiger partial charge in [0.2, 0.25) is 0 Å². The number of hydrogen-bond donors (Lipinski definition) is 0. The first kappa shape index (κ1) is 6.35. The second-order valence-electron chi connectivity index (χ2n) is 3.67. The number of nitrogens with zero attached hydrogens (tertiary/aromatic N) is 1. The molecular weight excluding hydrogens is 126 g/mol. The van der Waals surface area contributed by atoms with Crippen LogP contribution < -0.4 is 0 Å². The molecule has 2 heteroatoms. The van der Waals surface area contributed by atoms with Gasteiger partial charge in [-0.25, -0.2) is 0 Å². The Kier molecular flexibility index (Phi) is 1.15. The Bertz CT molecular complexity index is 169. The number of rotatable bonds is 1. The van der Waals surface area contributed by atoms with Gasteiger partial charge in [0.15, 0.2) is 0 Å². The van der Waals surface area contributed by atoms with Gasteiger partial charge in [-0.05, 0) is 24.8 Å². The molecule has 1 saturated carbocycles. The molecule has 0 spiro atoms. The van der Waals surface area contributed by atoms with Crippen molar-refractivity contribution in [1.29, 1.82) is 0 Å². The van der Waals surface area contributed by atoms with Gasteiger partial charge in [0.1, 0.15) is 6.29 Å². The van der Waals surface area contributed by atoms with E-state index in [1.807, 2.05) is 7.05 Å². The van der Waals surface area contributed by atoms with Gasteiger partial charge in [0.25, 0.3) is 0 Å². The Morgan fingerprint density at radius 1 is 1.60 bits per heavy atom. The first-order valence-corrected chi connectivity index (χ1v) is 3.91. The van der Waals surface area contributed by atoms with Crippen molar-refractivity contribution in [3.8, 4) is 0 Å². The Morgan fingerprint density at radius 3 is 2.70 bits per heavy atom. The van der Waals surface area contributed by atoms with E-state index in [9.17, 15) is 4.79 Å². The molecule has 1 aliphatic heterocycles. The second-order valence-corrected chi connectivity index (χ2v) is 3.67. The van der Waals surface area contributed by atoms with Crippen LogP contribution in [0.1, 0.15) is 6.92 Å². The minimum Gasteiger partial charge on any atom is -0.302 e. The summed E-state index contributed by atoms with van der Waals surface area (Å²) in [5, 5.41) is 0. The van der Waals surface area contributed by atoms with E-state index in [1.165, 1.54) is 0 Å². The average molecular weight is 139 g/mol. The highest BCUT2D eigenvalue weighted by Gasteiger charge is 2.57. The number of carbonyl (C=O) groups is 1. The standard InChI is InChI=1S/C8H13NO/c1-5-6-3-9(2)7(4-10)8(5)6/h4-8H,3H2,1-2H3. The van der Waals surface area contributed by atoms with E-state index in [0.29, 0.717) is 5.92 Å². The third kappa shape index (κ3) is 0.601. The van der Waals surface area contributed by atoms with Crippen LogP contribution in [0, 0.1) is 17.8 Å². The van der Waals surface area contributed by atoms with Gasteiger partial charge >= 0.3 is 0 Å². The fraction of sp³-hybridized carbons (Fsp3) is 0.875. The number of fused-ring (bicyclic) bond motifs is 1. The van der Waals surface area contributed by atoms with Crippen LogP contribution >= 0.6 is 0 Å². The van der Waals surface area contributed by atoms with Gasteiger partial charge in [-0.2, -0.15) is 0 Å². The van der Waals surface area contributed by atoms with Crippen LogP contribution in [0.5, 0.6) is 0 Å². The summed E-state index contributed by atoms with van der Waals surface area (Å²) in [7, 11) is 2.04. The second kappa shape index (κ2) is 1.82. The lowest BCUT2D eigenvalue weighted by molar-refractivity contribution is -0.112. The fourth-order valence-corrected chi connectivity index (χ4v) is 2.37. The Balaban J connectivity index is 2.10. The van der Waals surface area contributed by atoms with E-state index in [4.69, 9.17) is 0 Å². The summed E-state index contributed by atoms with van der Waals surface area (Å²) < 4.78 is 0. The lowest BCUT2D eigenvalue weighted by Gasteiger charge is -2.17. The van der Waals surface area contributed by atoms with Crippen molar-refractivity contribution in [3.63, 3.8) is 0 Å². The predicted octanol–water partition coefficient (Wildman–Crippen LogP) is 0.381. The number of piperidine rings is 1. The van der Waals surface area contributed by atoms with Crippen LogP contribution in [0.4, 0.5) is 0 Å². The Labute approximate surface area is 61.2 Å². The topological polar surface area (TPSA) is 20.3 Å². The molecule has 4 atom stereocenters. The van der Waals surface area contributed by atoms with Crippen molar-refractivity contribution in [3.05, 3.63) is 0 Å². The number of hydrogen-bond acceptors (Lipinski definition) is 2. The van der Waals surface area contributed by atoms with Crippen molar-refractivity contribution in [1.82, 2.24) is 4.90 Å². The van der Waals surface area contributed by atoms with Crippen molar-refractivity contribution in [2.75, 3.05) is 13.6 Å². The summed E-state index contributed by atoms with van der Waals surface area (Å²) in [6.07, 6.45) is 1.11. The van der Waals surface area contributed by atoms with Crippen LogP contribution in [0.3, 0.4) is 0 Å². The first-order chi connectivity index (χ1) is 4.75. The van der Waals surface area contributed by atoms with E-state index in [2.05, 4.69) is 11.8 Å². The van der Waals surface area contributed by atoms with Crippen LogP contribution in [0.15, 0.2) is 0 Å². The largest absolute Gasteiger partial charge is 0.302 e. The lowest BCUT2D eigenvalue weighted by Crippen LogP contribution is -2.31. The summed E-state index contributed by atoms with van der Waals surface area (Å²) in [5.41, 5.74) is 0.